The third-order valence-corrected chi connectivity index (χ3v) is 6.15. The van der Waals surface area contributed by atoms with Gasteiger partial charge in [0, 0.05) is 24.8 Å². The highest BCUT2D eigenvalue weighted by Gasteiger charge is 2.32. The molecule has 1 amide bonds. The number of hydrogen-bond acceptors (Lipinski definition) is 7. The molecule has 2 aromatic rings. The fraction of sp³-hybridized carbons (Fsp3) is 0.524. The van der Waals surface area contributed by atoms with Gasteiger partial charge in [-0.25, -0.2) is 4.79 Å². The van der Waals surface area contributed by atoms with Gasteiger partial charge in [-0.15, -0.1) is 10.2 Å². The Hall–Kier alpha value is -2.55. The van der Waals surface area contributed by atoms with E-state index in [1.807, 2.05) is 0 Å². The van der Waals surface area contributed by atoms with Crippen molar-refractivity contribution < 1.29 is 14.3 Å². The van der Waals surface area contributed by atoms with Crippen LogP contribution in [0, 0.1) is 0 Å². The van der Waals surface area contributed by atoms with Crippen LogP contribution in [0.15, 0.2) is 29.4 Å². The molecular formula is C21H27N5O3S. The summed E-state index contributed by atoms with van der Waals surface area (Å²) in [5.74, 6) is 0.725. The normalized spacial score (nSPS) is 16.4. The highest BCUT2D eigenvalue weighted by atomic mass is 32.2. The van der Waals surface area contributed by atoms with Gasteiger partial charge in [-0.3, -0.25) is 9.36 Å². The van der Waals surface area contributed by atoms with Gasteiger partial charge in [0.2, 0.25) is 11.9 Å². The Labute approximate surface area is 180 Å². The monoisotopic (exact) mass is 429 g/mol. The summed E-state index contributed by atoms with van der Waals surface area (Å²) in [5, 5.41) is 12.5. The fourth-order valence-corrected chi connectivity index (χ4v) is 4.36. The largest absolute Gasteiger partial charge is 0.462 e. The minimum Gasteiger partial charge on any atom is -0.462 e. The molecule has 1 aliphatic heterocycles. The molecule has 8 nitrogen and oxygen atoms in total. The number of carbonyl (C=O) groups is 2. The van der Waals surface area contributed by atoms with Crippen LogP contribution >= 0.6 is 11.8 Å². The van der Waals surface area contributed by atoms with Gasteiger partial charge in [0.05, 0.1) is 17.9 Å². The number of nitrogens with zero attached hydrogens (tertiary/aromatic N) is 4. The van der Waals surface area contributed by atoms with Gasteiger partial charge in [0.15, 0.2) is 5.16 Å². The van der Waals surface area contributed by atoms with Gasteiger partial charge in [-0.2, -0.15) is 0 Å². The average Bonchev–Trinajstić information content (AvgIpc) is 3.52. The number of esters is 1. The zero-order chi connectivity index (χ0) is 20.9. The molecule has 0 unspecified atom stereocenters. The third-order valence-electron chi connectivity index (χ3n) is 5.21. The Morgan fingerprint density at radius 3 is 2.53 bits per heavy atom. The SMILES string of the molecule is CCOC(=O)c1ccc(NC(=O)CSc2nnc(N3CCCCC3)n2C2CC2)cc1. The number of piperidine rings is 1. The second-order valence-corrected chi connectivity index (χ2v) is 8.51. The van der Waals surface area contributed by atoms with Gasteiger partial charge in [-0.1, -0.05) is 11.8 Å². The maximum atomic E-state index is 12.4. The number of amides is 1. The number of ether oxygens (including phenoxy) is 1. The van der Waals surface area contributed by atoms with Crippen molar-refractivity contribution in [1.29, 1.82) is 0 Å². The first-order chi connectivity index (χ1) is 14.7. The van der Waals surface area contributed by atoms with E-state index in [0.717, 1.165) is 37.0 Å². The topological polar surface area (TPSA) is 89.3 Å². The Kier molecular flexibility index (Phi) is 6.56. The second kappa shape index (κ2) is 9.51. The van der Waals surface area contributed by atoms with Gasteiger partial charge in [0.1, 0.15) is 0 Å². The molecule has 4 rings (SSSR count). The highest BCUT2D eigenvalue weighted by molar-refractivity contribution is 7.99. The molecule has 1 saturated heterocycles. The summed E-state index contributed by atoms with van der Waals surface area (Å²) < 4.78 is 7.19. The maximum absolute atomic E-state index is 12.4. The summed E-state index contributed by atoms with van der Waals surface area (Å²) in [6.07, 6.45) is 5.95. The van der Waals surface area contributed by atoms with E-state index >= 15 is 0 Å². The molecule has 1 saturated carbocycles. The lowest BCUT2D eigenvalue weighted by atomic mass is 10.1. The van der Waals surface area contributed by atoms with Crippen molar-refractivity contribution in [2.75, 3.05) is 35.7 Å². The van der Waals surface area contributed by atoms with Crippen molar-refractivity contribution in [1.82, 2.24) is 14.8 Å². The third kappa shape index (κ3) is 4.95. The second-order valence-electron chi connectivity index (χ2n) is 7.57. The summed E-state index contributed by atoms with van der Waals surface area (Å²) in [4.78, 5) is 26.5. The molecule has 1 aliphatic carbocycles. The van der Waals surface area contributed by atoms with Crippen LogP contribution in [0.2, 0.25) is 0 Å². The van der Waals surface area contributed by atoms with E-state index in [1.165, 1.54) is 31.0 Å². The van der Waals surface area contributed by atoms with Crippen LogP contribution in [0.1, 0.15) is 55.4 Å². The molecule has 0 bridgehead atoms. The molecule has 1 aromatic heterocycles. The Balaban J connectivity index is 1.35. The molecule has 160 valence electrons. The number of rotatable bonds is 8. The molecule has 2 aliphatic rings. The molecule has 30 heavy (non-hydrogen) atoms. The Morgan fingerprint density at radius 2 is 1.87 bits per heavy atom. The molecule has 0 atom stereocenters. The van der Waals surface area contributed by atoms with Crippen LogP contribution in [-0.4, -0.2) is 52.1 Å². The summed E-state index contributed by atoms with van der Waals surface area (Å²) in [5.41, 5.74) is 1.11. The standard InChI is InChI=1S/C21H27N5O3S/c1-2-29-19(28)15-6-8-16(9-7-15)22-18(27)14-30-21-24-23-20(26(21)17-10-11-17)25-12-4-3-5-13-25/h6-9,17H,2-5,10-14H2,1H3,(H,22,27). The molecule has 2 fully saturated rings. The lowest BCUT2D eigenvalue weighted by molar-refractivity contribution is -0.113. The first-order valence-electron chi connectivity index (χ1n) is 10.6. The molecular weight excluding hydrogens is 402 g/mol. The molecule has 1 N–H and O–H groups in total. The summed E-state index contributed by atoms with van der Waals surface area (Å²) in [7, 11) is 0. The van der Waals surface area contributed by atoms with Gasteiger partial charge >= 0.3 is 5.97 Å². The highest BCUT2D eigenvalue weighted by Crippen LogP contribution is 2.41. The smallest absolute Gasteiger partial charge is 0.338 e. The summed E-state index contributed by atoms with van der Waals surface area (Å²) in [6, 6.07) is 7.16. The summed E-state index contributed by atoms with van der Waals surface area (Å²) in [6.45, 7) is 4.15. The van der Waals surface area contributed by atoms with Crippen LogP contribution in [0.25, 0.3) is 0 Å². The number of nitrogens with one attached hydrogen (secondary N) is 1. The lowest BCUT2D eigenvalue weighted by Crippen LogP contribution is -2.32. The van der Waals surface area contributed by atoms with E-state index in [1.54, 1.807) is 31.2 Å². The summed E-state index contributed by atoms with van der Waals surface area (Å²) >= 11 is 1.42. The van der Waals surface area contributed by atoms with E-state index in [2.05, 4.69) is 25.0 Å². The molecule has 0 radical (unpaired) electrons. The van der Waals surface area contributed by atoms with Crippen molar-refractivity contribution in [3.8, 4) is 0 Å². The first-order valence-corrected chi connectivity index (χ1v) is 11.5. The zero-order valence-electron chi connectivity index (χ0n) is 17.2. The van der Waals surface area contributed by atoms with Crippen molar-refractivity contribution in [2.24, 2.45) is 0 Å². The van der Waals surface area contributed by atoms with Gasteiger partial charge in [-0.05, 0) is 63.3 Å². The van der Waals surface area contributed by atoms with Crippen molar-refractivity contribution in [3.63, 3.8) is 0 Å². The minimum absolute atomic E-state index is 0.117. The number of aromatic nitrogens is 3. The van der Waals surface area contributed by atoms with E-state index in [0.29, 0.717) is 23.9 Å². The molecule has 0 spiro atoms. The Morgan fingerprint density at radius 1 is 1.13 bits per heavy atom. The predicted molar refractivity (Wildman–Crippen MR) is 116 cm³/mol. The van der Waals surface area contributed by atoms with Crippen molar-refractivity contribution in [2.45, 2.75) is 50.2 Å². The van der Waals surface area contributed by atoms with E-state index in [4.69, 9.17) is 4.74 Å². The first kappa shape index (κ1) is 20.7. The van der Waals surface area contributed by atoms with Crippen LogP contribution in [0.5, 0.6) is 0 Å². The van der Waals surface area contributed by atoms with E-state index < -0.39 is 0 Å². The van der Waals surface area contributed by atoms with Crippen LogP contribution in [0.4, 0.5) is 11.6 Å². The Bertz CT molecular complexity index is 889. The van der Waals surface area contributed by atoms with Gasteiger partial charge in [0.25, 0.3) is 0 Å². The zero-order valence-corrected chi connectivity index (χ0v) is 18.0. The lowest BCUT2D eigenvalue weighted by Gasteiger charge is -2.27. The van der Waals surface area contributed by atoms with Crippen LogP contribution < -0.4 is 10.2 Å². The number of anilines is 2. The average molecular weight is 430 g/mol. The molecule has 9 heteroatoms. The van der Waals surface area contributed by atoms with E-state index in [9.17, 15) is 9.59 Å². The number of benzene rings is 1. The maximum Gasteiger partial charge on any atom is 0.338 e. The quantitative estimate of drug-likeness (QED) is 0.507. The number of hydrogen-bond donors (Lipinski definition) is 1. The molecule has 2 heterocycles. The van der Waals surface area contributed by atoms with E-state index in [-0.39, 0.29) is 17.6 Å². The van der Waals surface area contributed by atoms with Crippen molar-refractivity contribution in [3.05, 3.63) is 29.8 Å². The molecule has 1 aromatic carbocycles. The number of thioether (sulfide) groups is 1. The van der Waals surface area contributed by atoms with Crippen molar-refractivity contribution >= 4 is 35.3 Å². The fourth-order valence-electron chi connectivity index (χ4n) is 3.56. The minimum atomic E-state index is -0.366. The predicted octanol–water partition coefficient (Wildman–Crippen LogP) is 3.51. The van der Waals surface area contributed by atoms with Crippen LogP contribution in [0.3, 0.4) is 0 Å². The van der Waals surface area contributed by atoms with Crippen LogP contribution in [-0.2, 0) is 9.53 Å². The number of carbonyl (C=O) groups excluding carboxylic acids is 2. The van der Waals surface area contributed by atoms with Gasteiger partial charge < -0.3 is 15.0 Å².